The first-order valence-corrected chi connectivity index (χ1v) is 5.39. The summed E-state index contributed by atoms with van der Waals surface area (Å²) in [6.07, 6.45) is 5.85. The van der Waals surface area contributed by atoms with Crippen LogP contribution in [-0.2, 0) is 4.79 Å². The molecule has 0 aliphatic heterocycles. The van der Waals surface area contributed by atoms with Crippen LogP contribution in [0.1, 0.15) is 39.0 Å². The average Bonchev–Trinajstić information content (AvgIpc) is 2.04. The van der Waals surface area contributed by atoms with Crippen LogP contribution in [0.2, 0.25) is 0 Å². The van der Waals surface area contributed by atoms with Crippen molar-refractivity contribution in [3.8, 4) is 10.8 Å². The zero-order valence-electron chi connectivity index (χ0n) is 7.82. The van der Waals surface area contributed by atoms with Crippen molar-refractivity contribution in [2.75, 3.05) is 0 Å². The van der Waals surface area contributed by atoms with Gasteiger partial charge in [-0.15, -0.1) is 0 Å². The van der Waals surface area contributed by atoms with Gasteiger partial charge in [0.2, 0.25) is 0 Å². The molecule has 72 valence electrons. The highest BCUT2D eigenvalue weighted by Gasteiger charge is 2.27. The van der Waals surface area contributed by atoms with Crippen molar-refractivity contribution in [2.24, 2.45) is 0 Å². The zero-order chi connectivity index (χ0) is 9.73. The molecule has 2 nitrogen and oxygen atoms in total. The fourth-order valence-electron chi connectivity index (χ4n) is 1.81. The predicted octanol–water partition coefficient (Wildman–Crippen LogP) is 2.18. The molecule has 0 unspecified atom stereocenters. The first kappa shape index (κ1) is 10.6. The Bertz CT molecular complexity index is 245. The SMILES string of the molecule is CC1(NC(=O)C#CBr)CCCCC1. The van der Waals surface area contributed by atoms with Crippen LogP contribution in [0.4, 0.5) is 0 Å². The third kappa shape index (κ3) is 3.40. The minimum Gasteiger partial charge on any atom is -0.340 e. The molecule has 1 aliphatic rings. The van der Waals surface area contributed by atoms with E-state index in [1.165, 1.54) is 19.3 Å². The van der Waals surface area contributed by atoms with Crippen LogP contribution in [0.25, 0.3) is 0 Å². The van der Waals surface area contributed by atoms with E-state index in [-0.39, 0.29) is 11.4 Å². The lowest BCUT2D eigenvalue weighted by Gasteiger charge is -2.33. The second kappa shape index (κ2) is 4.66. The van der Waals surface area contributed by atoms with Crippen LogP contribution in [0.15, 0.2) is 0 Å². The molecule has 3 heteroatoms. The molecule has 0 aromatic rings. The molecule has 0 aromatic carbocycles. The van der Waals surface area contributed by atoms with Gasteiger partial charge in [-0.25, -0.2) is 0 Å². The summed E-state index contributed by atoms with van der Waals surface area (Å²) in [4.78, 5) is 13.6. The van der Waals surface area contributed by atoms with Gasteiger partial charge in [-0.1, -0.05) is 19.3 Å². The van der Waals surface area contributed by atoms with E-state index in [0.717, 1.165) is 12.8 Å². The molecule has 0 spiro atoms. The highest BCUT2D eigenvalue weighted by atomic mass is 79.9. The van der Waals surface area contributed by atoms with Crippen LogP contribution >= 0.6 is 15.9 Å². The van der Waals surface area contributed by atoms with E-state index in [2.05, 4.69) is 38.9 Å². The van der Waals surface area contributed by atoms with E-state index >= 15 is 0 Å². The highest BCUT2D eigenvalue weighted by molar-refractivity contribution is 9.12. The number of nitrogens with one attached hydrogen (secondary N) is 1. The number of amides is 1. The van der Waals surface area contributed by atoms with Gasteiger partial charge in [0.25, 0.3) is 5.91 Å². The minimum absolute atomic E-state index is 0.0216. The summed E-state index contributed by atoms with van der Waals surface area (Å²) in [5, 5.41) is 2.95. The Hall–Kier alpha value is -0.490. The first-order valence-electron chi connectivity index (χ1n) is 4.60. The molecule has 1 saturated carbocycles. The zero-order valence-corrected chi connectivity index (χ0v) is 9.41. The Morgan fingerprint density at radius 2 is 2.00 bits per heavy atom. The maximum absolute atomic E-state index is 11.2. The summed E-state index contributed by atoms with van der Waals surface area (Å²) in [6, 6.07) is 0. The van der Waals surface area contributed by atoms with Crippen molar-refractivity contribution in [1.29, 1.82) is 0 Å². The second-order valence-electron chi connectivity index (χ2n) is 3.79. The van der Waals surface area contributed by atoms with Crippen LogP contribution < -0.4 is 5.32 Å². The lowest BCUT2D eigenvalue weighted by atomic mass is 9.83. The van der Waals surface area contributed by atoms with Gasteiger partial charge in [0.15, 0.2) is 0 Å². The third-order valence-corrected chi connectivity index (χ3v) is 2.73. The van der Waals surface area contributed by atoms with Gasteiger partial charge in [0.1, 0.15) is 0 Å². The summed E-state index contributed by atoms with van der Waals surface area (Å²) >= 11 is 2.91. The number of halogens is 1. The van der Waals surface area contributed by atoms with Crippen LogP contribution in [-0.4, -0.2) is 11.4 Å². The molecule has 0 radical (unpaired) electrons. The molecule has 0 atom stereocenters. The summed E-state index contributed by atoms with van der Waals surface area (Å²) < 4.78 is 0. The summed E-state index contributed by atoms with van der Waals surface area (Å²) in [6.45, 7) is 2.10. The molecule has 0 saturated heterocycles. The van der Waals surface area contributed by atoms with Crippen molar-refractivity contribution in [1.82, 2.24) is 5.32 Å². The Morgan fingerprint density at radius 1 is 1.38 bits per heavy atom. The largest absolute Gasteiger partial charge is 0.340 e. The van der Waals surface area contributed by atoms with E-state index in [0.29, 0.717) is 0 Å². The van der Waals surface area contributed by atoms with E-state index < -0.39 is 0 Å². The fraction of sp³-hybridized carbons (Fsp3) is 0.700. The predicted molar refractivity (Wildman–Crippen MR) is 56.3 cm³/mol. The fourth-order valence-corrected chi connectivity index (χ4v) is 1.99. The molecular weight excluding hydrogens is 230 g/mol. The van der Waals surface area contributed by atoms with E-state index in [1.807, 2.05) is 0 Å². The molecule has 1 rings (SSSR count). The standard InChI is InChI=1S/C10H14BrNO/c1-10(6-3-2-4-7-10)12-9(13)5-8-11/h2-4,6-7H2,1H3,(H,12,13). The minimum atomic E-state index is -0.179. The lowest BCUT2D eigenvalue weighted by molar-refractivity contribution is -0.117. The maximum Gasteiger partial charge on any atom is 0.297 e. The van der Waals surface area contributed by atoms with Gasteiger partial charge >= 0.3 is 0 Å². The number of carbonyl (C=O) groups excluding carboxylic acids is 1. The Labute approximate surface area is 87.6 Å². The van der Waals surface area contributed by atoms with E-state index in [4.69, 9.17) is 0 Å². The Kier molecular flexibility index (Phi) is 3.80. The quantitative estimate of drug-likeness (QED) is 0.704. The smallest absolute Gasteiger partial charge is 0.297 e. The normalized spacial score (nSPS) is 19.8. The van der Waals surface area contributed by atoms with Gasteiger partial charge in [0, 0.05) is 27.4 Å². The second-order valence-corrected chi connectivity index (χ2v) is 4.19. The summed E-state index contributed by atoms with van der Waals surface area (Å²) in [5.41, 5.74) is -0.0216. The molecule has 0 aromatic heterocycles. The number of hydrogen-bond acceptors (Lipinski definition) is 1. The van der Waals surface area contributed by atoms with Gasteiger partial charge in [-0.3, -0.25) is 4.79 Å². The van der Waals surface area contributed by atoms with Crippen molar-refractivity contribution >= 4 is 21.8 Å². The van der Waals surface area contributed by atoms with E-state index in [9.17, 15) is 4.79 Å². The van der Waals surface area contributed by atoms with Crippen molar-refractivity contribution in [3.63, 3.8) is 0 Å². The van der Waals surface area contributed by atoms with Gasteiger partial charge in [-0.05, 0) is 24.6 Å². The van der Waals surface area contributed by atoms with E-state index in [1.54, 1.807) is 0 Å². The van der Waals surface area contributed by atoms with Crippen LogP contribution in [0.5, 0.6) is 0 Å². The lowest BCUT2D eigenvalue weighted by Crippen LogP contribution is -2.46. The van der Waals surface area contributed by atoms with Crippen LogP contribution in [0.3, 0.4) is 0 Å². The topological polar surface area (TPSA) is 29.1 Å². The molecular formula is C10H14BrNO. The third-order valence-electron chi connectivity index (χ3n) is 2.53. The first-order chi connectivity index (χ1) is 6.16. The van der Waals surface area contributed by atoms with Crippen molar-refractivity contribution in [3.05, 3.63) is 0 Å². The average molecular weight is 244 g/mol. The van der Waals surface area contributed by atoms with Crippen molar-refractivity contribution in [2.45, 2.75) is 44.6 Å². The maximum atomic E-state index is 11.2. The van der Waals surface area contributed by atoms with Gasteiger partial charge in [0.05, 0.1) is 0 Å². The molecule has 0 heterocycles. The highest BCUT2D eigenvalue weighted by Crippen LogP contribution is 2.27. The molecule has 1 aliphatic carbocycles. The molecule has 1 N–H and O–H groups in total. The van der Waals surface area contributed by atoms with Crippen molar-refractivity contribution < 1.29 is 4.79 Å². The molecule has 1 amide bonds. The van der Waals surface area contributed by atoms with Gasteiger partial charge < -0.3 is 5.32 Å². The number of carbonyl (C=O) groups is 1. The molecule has 1 fully saturated rings. The molecule has 13 heavy (non-hydrogen) atoms. The summed E-state index contributed by atoms with van der Waals surface area (Å²) in [5.74, 6) is 2.26. The monoisotopic (exact) mass is 243 g/mol. The number of rotatable bonds is 1. The Morgan fingerprint density at radius 3 is 2.54 bits per heavy atom. The number of hydrogen-bond donors (Lipinski definition) is 1. The summed E-state index contributed by atoms with van der Waals surface area (Å²) in [7, 11) is 0. The molecule has 0 bridgehead atoms. The van der Waals surface area contributed by atoms with Crippen LogP contribution in [0, 0.1) is 10.8 Å². The Balaban J connectivity index is 2.48. The van der Waals surface area contributed by atoms with Gasteiger partial charge in [-0.2, -0.15) is 0 Å².